The van der Waals surface area contributed by atoms with Crippen LogP contribution in [0.3, 0.4) is 0 Å². The molecule has 7 nitrogen and oxygen atoms in total. The van der Waals surface area contributed by atoms with Gasteiger partial charge in [0.25, 0.3) is 0 Å². The van der Waals surface area contributed by atoms with Crippen molar-refractivity contribution >= 4 is 96.5 Å². The van der Waals surface area contributed by atoms with Crippen LogP contribution in [0, 0.1) is 0 Å². The van der Waals surface area contributed by atoms with Crippen LogP contribution in [0.25, 0.3) is 209 Å². The average molecular weight is 1400 g/mol. The molecule has 21 aromatic rings. The van der Waals surface area contributed by atoms with Crippen LogP contribution < -0.4 is 0 Å². The Morgan fingerprint density at radius 3 is 1.03 bits per heavy atom. The van der Waals surface area contributed by atoms with Gasteiger partial charge in [0.15, 0.2) is 34.9 Å². The molecule has 504 valence electrons. The molecule has 0 bridgehead atoms. The highest BCUT2D eigenvalue weighted by molar-refractivity contribution is 7.26. The molecule has 108 heavy (non-hydrogen) atoms. The van der Waals surface area contributed by atoms with Gasteiger partial charge in [-0.2, -0.15) is 0 Å². The van der Waals surface area contributed by atoms with Gasteiger partial charge >= 0.3 is 0 Å². The number of aromatic nitrogens is 6. The minimum absolute atomic E-state index is 0.602. The smallest absolute Gasteiger partial charge is 0.164 e. The summed E-state index contributed by atoms with van der Waals surface area (Å²) in [6.45, 7) is 0. The van der Waals surface area contributed by atoms with E-state index in [1.807, 2.05) is 151 Å². The van der Waals surface area contributed by atoms with E-state index < -0.39 is 0 Å². The lowest BCUT2D eigenvalue weighted by molar-refractivity contribution is 0.670. The van der Waals surface area contributed by atoms with Gasteiger partial charge in [-0.25, -0.2) is 29.9 Å². The van der Waals surface area contributed by atoms with Gasteiger partial charge in [-0.15, -0.1) is 11.3 Å². The molecule has 0 spiro atoms. The molecule has 0 fully saturated rings. The van der Waals surface area contributed by atoms with Crippen molar-refractivity contribution in [2.24, 2.45) is 0 Å². The fraction of sp³-hybridized carbons (Fsp3) is 0. The van der Waals surface area contributed by atoms with Crippen molar-refractivity contribution in [3.05, 3.63) is 376 Å². The topological polar surface area (TPSA) is 90.5 Å². The highest BCUT2D eigenvalue weighted by atomic mass is 32.1. The lowest BCUT2D eigenvalue weighted by Gasteiger charge is -2.12. The maximum Gasteiger partial charge on any atom is 0.164 e. The number of para-hydroxylation sites is 1. The number of hydrogen-bond donors (Lipinski definition) is 0. The molecule has 21 rings (SSSR count). The summed E-state index contributed by atoms with van der Waals surface area (Å²) in [5.74, 6) is 3.82. The van der Waals surface area contributed by atoms with E-state index in [9.17, 15) is 0 Å². The van der Waals surface area contributed by atoms with E-state index in [1.54, 1.807) is 0 Å². The van der Waals surface area contributed by atoms with Gasteiger partial charge in [-0.05, 0) is 130 Å². The summed E-state index contributed by atoms with van der Waals surface area (Å²) in [6, 6.07) is 132. The Kier molecular flexibility index (Phi) is 16.0. The average Bonchev–Trinajstić information content (AvgIpc) is 1.62. The molecule has 4 heterocycles. The zero-order valence-electron chi connectivity index (χ0n) is 58.3. The first-order valence-corrected chi connectivity index (χ1v) is 37.1. The van der Waals surface area contributed by atoms with E-state index in [4.69, 9.17) is 34.3 Å². The van der Waals surface area contributed by atoms with Crippen molar-refractivity contribution in [3.8, 4) is 124 Å². The molecule has 17 aromatic carbocycles. The molecular weight excluding hydrogens is 1330 g/mol. The molecule has 8 heteroatoms. The molecule has 0 atom stereocenters. The predicted octanol–water partition coefficient (Wildman–Crippen LogP) is 27.0. The summed E-state index contributed by atoms with van der Waals surface area (Å²) in [4.78, 5) is 29.8. The Labute approximate surface area is 626 Å². The molecule has 0 saturated heterocycles. The van der Waals surface area contributed by atoms with E-state index in [0.29, 0.717) is 34.9 Å². The van der Waals surface area contributed by atoms with Crippen LogP contribution in [-0.4, -0.2) is 29.9 Å². The summed E-state index contributed by atoms with van der Waals surface area (Å²) in [5.41, 5.74) is 18.9. The van der Waals surface area contributed by atoms with Crippen molar-refractivity contribution in [2.45, 2.75) is 0 Å². The predicted molar refractivity (Wildman–Crippen MR) is 450 cm³/mol. The number of nitrogens with zero attached hydrogens (tertiary/aromatic N) is 6. The Balaban J connectivity index is 0.000000143. The van der Waals surface area contributed by atoms with Crippen molar-refractivity contribution in [1.29, 1.82) is 0 Å². The number of fused-ring (bicyclic) bond motifs is 12. The molecule has 0 aliphatic carbocycles. The Hall–Kier alpha value is -14.2. The minimum Gasteiger partial charge on any atom is -0.455 e. The maximum absolute atomic E-state index is 6.66. The molecule has 4 aromatic heterocycles. The number of furan rings is 1. The van der Waals surface area contributed by atoms with Crippen molar-refractivity contribution in [2.75, 3.05) is 0 Å². The van der Waals surface area contributed by atoms with Crippen LogP contribution >= 0.6 is 11.3 Å². The van der Waals surface area contributed by atoms with Gasteiger partial charge in [-0.3, -0.25) is 0 Å². The standard InChI is InChI=1S/C53H33N3S.C47H29N3O/c1-3-12-38(13-4-1)51-54-52(39-14-5-2-6-15-39)56-53(55-51)40-26-23-36(24-27-40)45-31-32-46(50-49(45)47-17-9-10-18-48(47)57-50)37-21-19-34(20-22-37)41-29-30-44-42(33-41)28-25-35-11-7-8-16-43(35)44;1-3-12-33(13-4-1)45-48-46(34-14-5-2-6-15-34)50-47(49-45)41-28-27-39(44-43(41)40-17-9-10-18-42(40)51-44)32-21-19-30(20-22-32)35-25-26-38-36(29-35)24-23-31-11-7-8-16-37(31)38/h1-33H;1-29H. The van der Waals surface area contributed by atoms with Crippen LogP contribution in [0.5, 0.6) is 0 Å². The molecule has 0 radical (unpaired) electrons. The van der Waals surface area contributed by atoms with Crippen LogP contribution in [0.15, 0.2) is 381 Å². The number of hydrogen-bond acceptors (Lipinski definition) is 8. The summed E-state index contributed by atoms with van der Waals surface area (Å²) in [7, 11) is 0. The summed E-state index contributed by atoms with van der Waals surface area (Å²) in [5, 5.41) is 14.7. The van der Waals surface area contributed by atoms with Crippen LogP contribution in [-0.2, 0) is 0 Å². The van der Waals surface area contributed by atoms with Crippen LogP contribution in [0.4, 0.5) is 0 Å². The maximum atomic E-state index is 6.66. The molecule has 0 N–H and O–H groups in total. The second-order valence-corrected chi connectivity index (χ2v) is 28.2. The highest BCUT2D eigenvalue weighted by Crippen LogP contribution is 2.47. The normalized spacial score (nSPS) is 11.5. The first-order valence-electron chi connectivity index (χ1n) is 36.3. The molecule has 0 aliphatic heterocycles. The number of rotatable bonds is 11. The third-order valence-electron chi connectivity index (χ3n) is 20.7. The summed E-state index contributed by atoms with van der Waals surface area (Å²) >= 11 is 1.87. The van der Waals surface area contributed by atoms with Crippen LogP contribution in [0.1, 0.15) is 0 Å². The third-order valence-corrected chi connectivity index (χ3v) is 21.9. The molecule has 0 aliphatic rings. The Bertz CT molecular complexity index is 6890. The van der Waals surface area contributed by atoms with E-state index in [-0.39, 0.29) is 0 Å². The van der Waals surface area contributed by atoms with Gasteiger partial charge in [0, 0.05) is 69.9 Å². The van der Waals surface area contributed by atoms with Gasteiger partial charge < -0.3 is 4.42 Å². The lowest BCUT2D eigenvalue weighted by atomic mass is 9.93. The van der Waals surface area contributed by atoms with Gasteiger partial charge in [0.1, 0.15) is 11.2 Å². The minimum atomic E-state index is 0.602. The Morgan fingerprint density at radius 2 is 0.528 bits per heavy atom. The highest BCUT2D eigenvalue weighted by Gasteiger charge is 2.23. The zero-order chi connectivity index (χ0) is 71.4. The van der Waals surface area contributed by atoms with Gasteiger partial charge in [-0.1, -0.05) is 340 Å². The van der Waals surface area contributed by atoms with E-state index in [1.165, 1.54) is 102 Å². The van der Waals surface area contributed by atoms with Crippen molar-refractivity contribution in [3.63, 3.8) is 0 Å². The van der Waals surface area contributed by atoms with Crippen molar-refractivity contribution in [1.82, 2.24) is 29.9 Å². The summed E-state index contributed by atoms with van der Waals surface area (Å²) < 4.78 is 9.23. The lowest BCUT2D eigenvalue weighted by Crippen LogP contribution is -2.00. The van der Waals surface area contributed by atoms with E-state index >= 15 is 0 Å². The SMILES string of the molecule is c1ccc(-c2nc(-c3ccccc3)nc(-c3ccc(-c4ccc(-c5ccc(-c6ccc7c(ccc8ccccc87)c6)cc5)c5sc6ccccc6c45)cc3)n2)cc1.c1ccc(-c2nc(-c3ccccc3)nc(-c3ccc(-c4ccc(-c5ccc6c(ccc7ccccc76)c5)cc4)c4oc5ccccc5c34)n2)cc1. The molecular formula is C100H62N6OS. The second-order valence-electron chi connectivity index (χ2n) is 27.2. The first-order chi connectivity index (χ1) is 53.5. The fourth-order valence-electron chi connectivity index (χ4n) is 15.3. The van der Waals surface area contributed by atoms with Gasteiger partial charge in [0.05, 0.1) is 0 Å². The number of thiophene rings is 1. The van der Waals surface area contributed by atoms with Gasteiger partial charge in [0.2, 0.25) is 0 Å². The number of benzene rings is 17. The first kappa shape index (κ1) is 63.5. The summed E-state index contributed by atoms with van der Waals surface area (Å²) in [6.07, 6.45) is 0. The van der Waals surface area contributed by atoms with E-state index in [0.717, 1.165) is 72.0 Å². The van der Waals surface area contributed by atoms with Crippen LogP contribution in [0.2, 0.25) is 0 Å². The third kappa shape index (κ3) is 11.8. The Morgan fingerprint density at radius 1 is 0.194 bits per heavy atom. The molecule has 0 unspecified atom stereocenters. The quantitative estimate of drug-likeness (QED) is 0.119. The fourth-order valence-corrected chi connectivity index (χ4v) is 16.5. The van der Waals surface area contributed by atoms with Crippen molar-refractivity contribution < 1.29 is 4.42 Å². The zero-order valence-corrected chi connectivity index (χ0v) is 59.1. The van der Waals surface area contributed by atoms with E-state index in [2.05, 4.69) is 237 Å². The molecule has 0 saturated carbocycles. The second kappa shape index (κ2) is 27.1. The molecule has 0 amide bonds. The largest absolute Gasteiger partial charge is 0.455 e. The monoisotopic (exact) mass is 1390 g/mol.